The van der Waals surface area contributed by atoms with Gasteiger partial charge in [0, 0.05) is 22.7 Å². The van der Waals surface area contributed by atoms with E-state index >= 15 is 0 Å². The maximum absolute atomic E-state index is 11.8. The summed E-state index contributed by atoms with van der Waals surface area (Å²) in [6.07, 6.45) is 1.23. The second kappa shape index (κ2) is 9.39. The van der Waals surface area contributed by atoms with Gasteiger partial charge >= 0.3 is 5.69 Å². The molecule has 0 bridgehead atoms. The Bertz CT molecular complexity index is 854. The highest BCUT2D eigenvalue weighted by Gasteiger charge is 2.18. The minimum atomic E-state index is -0.589. The van der Waals surface area contributed by atoms with Crippen LogP contribution in [0.25, 0.3) is 0 Å². The molecule has 0 spiro atoms. The van der Waals surface area contributed by atoms with Gasteiger partial charge in [0.15, 0.2) is 6.61 Å². The normalized spacial score (nSPS) is 10.5. The van der Waals surface area contributed by atoms with Gasteiger partial charge in [-0.3, -0.25) is 14.9 Å². The van der Waals surface area contributed by atoms with E-state index in [9.17, 15) is 14.9 Å². The molecule has 0 saturated heterocycles. The van der Waals surface area contributed by atoms with Crippen molar-refractivity contribution in [1.29, 1.82) is 0 Å². The molecule has 0 aromatic heterocycles. The monoisotopic (exact) mass is 393 g/mol. The van der Waals surface area contributed by atoms with Crippen molar-refractivity contribution < 1.29 is 23.9 Å². The van der Waals surface area contributed by atoms with E-state index in [4.69, 9.17) is 25.8 Å². The minimum absolute atomic E-state index is 0.0504. The van der Waals surface area contributed by atoms with E-state index in [2.05, 4.69) is 10.5 Å². The van der Waals surface area contributed by atoms with Crippen molar-refractivity contribution in [2.45, 2.75) is 0 Å². The number of nitro groups is 1. The number of benzene rings is 2. The lowest BCUT2D eigenvalue weighted by Crippen LogP contribution is -2.24. The van der Waals surface area contributed by atoms with Gasteiger partial charge in [-0.1, -0.05) is 11.6 Å². The summed E-state index contributed by atoms with van der Waals surface area (Å²) in [7, 11) is 2.72. The third-order valence-electron chi connectivity index (χ3n) is 3.30. The maximum Gasteiger partial charge on any atom is 0.311 e. The molecule has 10 heteroatoms. The van der Waals surface area contributed by atoms with Gasteiger partial charge in [-0.25, -0.2) is 5.43 Å². The molecule has 2 aromatic rings. The van der Waals surface area contributed by atoms with Crippen LogP contribution in [-0.2, 0) is 4.79 Å². The first-order valence-electron chi connectivity index (χ1n) is 7.55. The number of carbonyl (C=O) groups is 1. The third kappa shape index (κ3) is 5.58. The molecule has 2 rings (SSSR count). The van der Waals surface area contributed by atoms with Crippen molar-refractivity contribution in [1.82, 2.24) is 5.43 Å². The molecule has 0 radical (unpaired) electrons. The van der Waals surface area contributed by atoms with Crippen molar-refractivity contribution in [3.63, 3.8) is 0 Å². The SMILES string of the molecule is COc1cc(OC)c([N+](=O)[O-])cc1/C=N\NC(=O)COc1ccc(Cl)cc1. The fourth-order valence-corrected chi connectivity index (χ4v) is 2.16. The largest absolute Gasteiger partial charge is 0.496 e. The lowest BCUT2D eigenvalue weighted by atomic mass is 10.1. The van der Waals surface area contributed by atoms with E-state index < -0.39 is 10.8 Å². The van der Waals surface area contributed by atoms with Crippen molar-refractivity contribution in [2.24, 2.45) is 5.10 Å². The zero-order chi connectivity index (χ0) is 19.8. The summed E-state index contributed by atoms with van der Waals surface area (Å²) in [6.45, 7) is -0.265. The summed E-state index contributed by atoms with van der Waals surface area (Å²) in [6, 6.07) is 9.12. The Labute approximate surface area is 159 Å². The minimum Gasteiger partial charge on any atom is -0.496 e. The van der Waals surface area contributed by atoms with Gasteiger partial charge in [-0.15, -0.1) is 0 Å². The molecule has 27 heavy (non-hydrogen) atoms. The molecule has 0 fully saturated rings. The number of carbonyl (C=O) groups excluding carboxylic acids is 1. The van der Waals surface area contributed by atoms with Gasteiger partial charge in [0.25, 0.3) is 5.91 Å². The lowest BCUT2D eigenvalue weighted by molar-refractivity contribution is -0.385. The van der Waals surface area contributed by atoms with Crippen LogP contribution in [0.2, 0.25) is 5.02 Å². The molecule has 2 aromatic carbocycles. The summed E-state index contributed by atoms with van der Waals surface area (Å²) in [5, 5.41) is 15.4. The number of halogens is 1. The number of amides is 1. The Hall–Kier alpha value is -3.33. The highest BCUT2D eigenvalue weighted by Crippen LogP contribution is 2.33. The fourth-order valence-electron chi connectivity index (χ4n) is 2.04. The van der Waals surface area contributed by atoms with E-state index in [1.807, 2.05) is 0 Å². The predicted molar refractivity (Wildman–Crippen MR) is 98.9 cm³/mol. The fraction of sp³-hybridized carbons (Fsp3) is 0.176. The predicted octanol–water partition coefficient (Wildman–Crippen LogP) is 2.79. The summed E-state index contributed by atoms with van der Waals surface area (Å²) in [5.74, 6) is 0.316. The number of nitrogens with one attached hydrogen (secondary N) is 1. The Balaban J connectivity index is 2.02. The van der Waals surface area contributed by atoms with Gasteiger partial charge in [0.05, 0.1) is 25.4 Å². The zero-order valence-electron chi connectivity index (χ0n) is 14.5. The van der Waals surface area contributed by atoms with Crippen molar-refractivity contribution in [2.75, 3.05) is 20.8 Å². The Morgan fingerprint density at radius 2 is 1.89 bits per heavy atom. The maximum atomic E-state index is 11.8. The Kier molecular flexibility index (Phi) is 6.95. The number of nitrogens with zero attached hydrogens (tertiary/aromatic N) is 2. The van der Waals surface area contributed by atoms with Crippen LogP contribution < -0.4 is 19.6 Å². The first-order chi connectivity index (χ1) is 12.9. The summed E-state index contributed by atoms with van der Waals surface area (Å²) < 4.78 is 15.4. The number of ether oxygens (including phenoxy) is 3. The standard InChI is InChI=1S/C17H16ClN3O6/c1-25-15-8-16(26-2)14(21(23)24)7-11(15)9-19-20-17(22)10-27-13-5-3-12(18)4-6-13/h3-9H,10H2,1-2H3,(H,20,22)/b19-9-. The molecule has 9 nitrogen and oxygen atoms in total. The number of methoxy groups -OCH3 is 2. The van der Waals surface area contributed by atoms with Crippen LogP contribution in [-0.4, -0.2) is 37.9 Å². The van der Waals surface area contributed by atoms with E-state index in [1.54, 1.807) is 24.3 Å². The second-order valence-corrected chi connectivity index (χ2v) is 5.50. The molecule has 0 aliphatic carbocycles. The summed E-state index contributed by atoms with van der Waals surface area (Å²) in [5.41, 5.74) is 2.31. The first kappa shape index (κ1) is 20.0. The van der Waals surface area contributed by atoms with Gasteiger partial charge in [0.1, 0.15) is 11.5 Å². The molecule has 0 saturated carbocycles. The number of nitro benzene ring substituents is 1. The highest BCUT2D eigenvalue weighted by atomic mass is 35.5. The molecular weight excluding hydrogens is 378 g/mol. The van der Waals surface area contributed by atoms with E-state index in [-0.39, 0.29) is 18.0 Å². The van der Waals surface area contributed by atoms with E-state index in [0.717, 1.165) is 0 Å². The van der Waals surface area contributed by atoms with Crippen LogP contribution in [0.15, 0.2) is 41.5 Å². The number of hydrogen-bond donors (Lipinski definition) is 1. The van der Waals surface area contributed by atoms with Crippen molar-refractivity contribution >= 4 is 29.4 Å². The molecule has 1 N–H and O–H groups in total. The lowest BCUT2D eigenvalue weighted by Gasteiger charge is -2.08. The van der Waals surface area contributed by atoms with Crippen LogP contribution >= 0.6 is 11.6 Å². The Morgan fingerprint density at radius 3 is 2.48 bits per heavy atom. The van der Waals surface area contributed by atoms with Gasteiger partial charge in [-0.05, 0) is 24.3 Å². The van der Waals surface area contributed by atoms with E-state index in [1.165, 1.54) is 32.6 Å². The van der Waals surface area contributed by atoms with Gasteiger partial charge in [-0.2, -0.15) is 5.10 Å². The molecule has 0 aliphatic heterocycles. The van der Waals surface area contributed by atoms with Crippen LogP contribution in [0.4, 0.5) is 5.69 Å². The molecule has 0 aliphatic rings. The quantitative estimate of drug-likeness (QED) is 0.419. The summed E-state index contributed by atoms with van der Waals surface area (Å²) in [4.78, 5) is 22.3. The highest BCUT2D eigenvalue weighted by molar-refractivity contribution is 6.30. The molecule has 0 unspecified atom stereocenters. The van der Waals surface area contributed by atoms with Crippen molar-refractivity contribution in [3.05, 3.63) is 57.1 Å². The average molecular weight is 394 g/mol. The molecule has 0 atom stereocenters. The first-order valence-corrected chi connectivity index (χ1v) is 7.93. The average Bonchev–Trinajstić information content (AvgIpc) is 2.67. The van der Waals surface area contributed by atoms with Crippen molar-refractivity contribution in [3.8, 4) is 17.2 Å². The van der Waals surface area contributed by atoms with Crippen LogP contribution in [0.1, 0.15) is 5.56 Å². The topological polar surface area (TPSA) is 112 Å². The number of rotatable bonds is 8. The van der Waals surface area contributed by atoms with Gasteiger partial charge < -0.3 is 14.2 Å². The molecule has 0 heterocycles. The van der Waals surface area contributed by atoms with Crippen LogP contribution in [0.3, 0.4) is 0 Å². The smallest absolute Gasteiger partial charge is 0.311 e. The van der Waals surface area contributed by atoms with Crippen LogP contribution in [0.5, 0.6) is 17.2 Å². The number of hydrogen-bond acceptors (Lipinski definition) is 7. The zero-order valence-corrected chi connectivity index (χ0v) is 15.2. The molecule has 1 amide bonds. The van der Waals surface area contributed by atoms with E-state index in [0.29, 0.717) is 22.1 Å². The molecular formula is C17H16ClN3O6. The summed E-state index contributed by atoms with van der Waals surface area (Å²) >= 11 is 5.76. The van der Waals surface area contributed by atoms with Crippen LogP contribution in [0, 0.1) is 10.1 Å². The number of hydrazone groups is 1. The Morgan fingerprint density at radius 1 is 1.22 bits per heavy atom. The van der Waals surface area contributed by atoms with Gasteiger partial charge in [0.2, 0.25) is 5.75 Å². The molecule has 142 valence electrons. The second-order valence-electron chi connectivity index (χ2n) is 5.06. The third-order valence-corrected chi connectivity index (χ3v) is 3.56.